The first-order valence-corrected chi connectivity index (χ1v) is 11.2. The molecule has 0 aromatic carbocycles. The maximum absolute atomic E-state index is 9.03. The highest BCUT2D eigenvalue weighted by molar-refractivity contribution is 5.84. The molecule has 5 rings (SSSR count). The third kappa shape index (κ3) is 4.30. The van der Waals surface area contributed by atoms with Crippen molar-refractivity contribution in [2.45, 2.75) is 26.8 Å². The minimum Gasteiger partial charge on any atom is -0.475 e. The molecule has 0 aliphatic carbocycles. The van der Waals surface area contributed by atoms with Crippen molar-refractivity contribution < 1.29 is 9.84 Å². The van der Waals surface area contributed by atoms with E-state index in [0.717, 1.165) is 22.3 Å². The molecular formula is C23H26N10O2. The van der Waals surface area contributed by atoms with Crippen LogP contribution in [0.3, 0.4) is 0 Å². The molecule has 0 aliphatic heterocycles. The molecule has 0 saturated carbocycles. The van der Waals surface area contributed by atoms with Crippen LogP contribution in [0.4, 0.5) is 11.6 Å². The number of nitrogens with one attached hydrogen (secondary N) is 1. The van der Waals surface area contributed by atoms with Gasteiger partial charge in [-0.3, -0.25) is 4.68 Å². The van der Waals surface area contributed by atoms with E-state index < -0.39 is 0 Å². The number of rotatable bonds is 8. The summed E-state index contributed by atoms with van der Waals surface area (Å²) in [5.41, 5.74) is 3.56. The van der Waals surface area contributed by atoms with Crippen LogP contribution in [-0.4, -0.2) is 62.2 Å². The summed E-state index contributed by atoms with van der Waals surface area (Å²) in [6.07, 6.45) is 8.86. The van der Waals surface area contributed by atoms with Gasteiger partial charge < -0.3 is 19.7 Å². The Hall–Kier alpha value is -4.32. The number of ether oxygens (including phenoxy) is 1. The van der Waals surface area contributed by atoms with Crippen LogP contribution in [0, 0.1) is 6.92 Å². The van der Waals surface area contributed by atoms with Crippen molar-refractivity contribution in [3.8, 4) is 28.8 Å². The van der Waals surface area contributed by atoms with Gasteiger partial charge >= 0.3 is 0 Å². The Kier molecular flexibility index (Phi) is 5.87. The van der Waals surface area contributed by atoms with Crippen molar-refractivity contribution in [3.63, 3.8) is 0 Å². The van der Waals surface area contributed by atoms with E-state index in [1.807, 2.05) is 47.9 Å². The molecule has 12 nitrogen and oxygen atoms in total. The summed E-state index contributed by atoms with van der Waals surface area (Å²) >= 11 is 0. The summed E-state index contributed by atoms with van der Waals surface area (Å²) in [5.74, 6) is 2.47. The van der Waals surface area contributed by atoms with Crippen molar-refractivity contribution in [1.82, 2.24) is 43.9 Å². The Morgan fingerprint density at radius 3 is 2.71 bits per heavy atom. The Bertz CT molecular complexity index is 1480. The van der Waals surface area contributed by atoms with Crippen molar-refractivity contribution >= 4 is 17.2 Å². The molecule has 0 fully saturated rings. The predicted octanol–water partition coefficient (Wildman–Crippen LogP) is 2.79. The molecule has 180 valence electrons. The number of anilines is 2. The molecule has 0 radical (unpaired) electrons. The average molecular weight is 475 g/mol. The van der Waals surface area contributed by atoms with E-state index >= 15 is 0 Å². The molecular weight excluding hydrogens is 448 g/mol. The van der Waals surface area contributed by atoms with E-state index in [9.17, 15) is 0 Å². The fourth-order valence-corrected chi connectivity index (χ4v) is 3.78. The van der Waals surface area contributed by atoms with Crippen molar-refractivity contribution in [2.24, 2.45) is 7.05 Å². The topological polar surface area (TPSA) is 133 Å². The van der Waals surface area contributed by atoms with Crippen molar-refractivity contribution in [3.05, 3.63) is 48.8 Å². The smallest absolute Gasteiger partial charge is 0.218 e. The van der Waals surface area contributed by atoms with E-state index in [4.69, 9.17) is 25.0 Å². The first-order valence-electron chi connectivity index (χ1n) is 11.2. The summed E-state index contributed by atoms with van der Waals surface area (Å²) in [7, 11) is 1.89. The number of hydrogen-bond acceptors (Lipinski definition) is 9. The van der Waals surface area contributed by atoms with E-state index in [0.29, 0.717) is 29.2 Å². The standard InChI is InChI=1S/C23H26N10O2/c1-14(2)32-7-5-17(29-32)16-12-33-20(15(16)3)21(28-22(30-33)23-24-6-8-31(23)4)27-18-11-19(26-13-25-18)35-10-9-34/h5-8,11-14,34H,9-10H2,1-4H3,(H,25,26,27,28,30). The van der Waals surface area contributed by atoms with E-state index in [1.165, 1.54) is 6.33 Å². The molecule has 0 amide bonds. The highest BCUT2D eigenvalue weighted by Crippen LogP contribution is 2.32. The minimum atomic E-state index is -0.106. The maximum atomic E-state index is 9.03. The number of aryl methyl sites for hydroxylation is 2. The van der Waals surface area contributed by atoms with Crippen LogP contribution in [0.5, 0.6) is 5.88 Å². The lowest BCUT2D eigenvalue weighted by molar-refractivity contribution is 0.196. The first kappa shape index (κ1) is 22.5. The Morgan fingerprint density at radius 1 is 1.14 bits per heavy atom. The van der Waals surface area contributed by atoms with Crippen LogP contribution in [0.1, 0.15) is 25.5 Å². The summed E-state index contributed by atoms with van der Waals surface area (Å²) < 4.78 is 11.0. The normalized spacial score (nSPS) is 11.5. The van der Waals surface area contributed by atoms with Gasteiger partial charge in [-0.05, 0) is 32.4 Å². The van der Waals surface area contributed by atoms with Gasteiger partial charge in [-0.25, -0.2) is 24.5 Å². The number of hydrogen-bond donors (Lipinski definition) is 2. The monoisotopic (exact) mass is 474 g/mol. The second-order valence-electron chi connectivity index (χ2n) is 8.32. The fourth-order valence-electron chi connectivity index (χ4n) is 3.78. The van der Waals surface area contributed by atoms with E-state index in [2.05, 4.69) is 34.1 Å². The van der Waals surface area contributed by atoms with Crippen molar-refractivity contribution in [1.29, 1.82) is 0 Å². The van der Waals surface area contributed by atoms with Gasteiger partial charge in [0.2, 0.25) is 11.7 Å². The molecule has 0 spiro atoms. The van der Waals surface area contributed by atoms with Gasteiger partial charge in [0.05, 0.1) is 12.3 Å². The van der Waals surface area contributed by atoms with Gasteiger partial charge in [0.15, 0.2) is 11.6 Å². The van der Waals surface area contributed by atoms with Crippen LogP contribution in [0.15, 0.2) is 43.2 Å². The second kappa shape index (κ2) is 9.14. The zero-order chi connectivity index (χ0) is 24.5. The summed E-state index contributed by atoms with van der Waals surface area (Å²) in [6.45, 7) is 6.23. The minimum absolute atomic E-state index is 0.106. The van der Waals surface area contributed by atoms with Gasteiger partial charge in [-0.2, -0.15) is 5.10 Å². The molecule has 12 heteroatoms. The molecule has 0 unspecified atom stereocenters. The lowest BCUT2D eigenvalue weighted by Gasteiger charge is -2.11. The lowest BCUT2D eigenvalue weighted by atomic mass is 10.1. The average Bonchev–Trinajstić information content (AvgIpc) is 3.57. The van der Waals surface area contributed by atoms with Crippen LogP contribution in [-0.2, 0) is 7.05 Å². The molecule has 5 aromatic heterocycles. The number of nitrogens with zero attached hydrogens (tertiary/aromatic N) is 9. The highest BCUT2D eigenvalue weighted by Gasteiger charge is 2.20. The third-order valence-electron chi connectivity index (χ3n) is 5.55. The van der Waals surface area contributed by atoms with Crippen LogP contribution < -0.4 is 10.1 Å². The number of fused-ring (bicyclic) bond motifs is 1. The van der Waals surface area contributed by atoms with Gasteiger partial charge in [-0.1, -0.05) is 0 Å². The molecule has 35 heavy (non-hydrogen) atoms. The number of imidazole rings is 1. The number of aliphatic hydroxyl groups is 1. The predicted molar refractivity (Wildman–Crippen MR) is 129 cm³/mol. The molecule has 5 aromatic rings. The molecule has 0 bridgehead atoms. The zero-order valence-corrected chi connectivity index (χ0v) is 19.9. The quantitative estimate of drug-likeness (QED) is 0.348. The number of aliphatic hydroxyl groups excluding tert-OH is 1. The Balaban J connectivity index is 1.64. The van der Waals surface area contributed by atoms with E-state index in [-0.39, 0.29) is 19.3 Å². The molecule has 0 saturated heterocycles. The van der Waals surface area contributed by atoms with Crippen LogP contribution in [0.2, 0.25) is 0 Å². The summed E-state index contributed by atoms with van der Waals surface area (Å²) in [6, 6.07) is 3.91. The summed E-state index contributed by atoms with van der Waals surface area (Å²) in [5, 5.41) is 21.8. The Labute approximate surface area is 201 Å². The number of aromatic nitrogens is 9. The van der Waals surface area contributed by atoms with Crippen LogP contribution >= 0.6 is 0 Å². The lowest BCUT2D eigenvalue weighted by Crippen LogP contribution is -2.07. The Morgan fingerprint density at radius 2 is 2.00 bits per heavy atom. The van der Waals surface area contributed by atoms with Gasteiger partial charge in [0, 0.05) is 49.5 Å². The maximum Gasteiger partial charge on any atom is 0.218 e. The van der Waals surface area contributed by atoms with Crippen molar-refractivity contribution in [2.75, 3.05) is 18.5 Å². The second-order valence-corrected chi connectivity index (χ2v) is 8.32. The molecule has 0 aliphatic rings. The zero-order valence-electron chi connectivity index (χ0n) is 19.9. The van der Waals surface area contributed by atoms with Gasteiger partial charge in [0.1, 0.15) is 24.3 Å². The highest BCUT2D eigenvalue weighted by atomic mass is 16.5. The van der Waals surface area contributed by atoms with Gasteiger partial charge in [-0.15, -0.1) is 5.10 Å². The first-order chi connectivity index (χ1) is 16.9. The SMILES string of the molecule is Cc1c(-c2ccn(C(C)C)n2)cn2nc(-c3nccn3C)nc(Nc3cc(OCCO)ncn3)c12. The molecule has 5 heterocycles. The van der Waals surface area contributed by atoms with Gasteiger partial charge in [0.25, 0.3) is 0 Å². The third-order valence-corrected chi connectivity index (χ3v) is 5.55. The van der Waals surface area contributed by atoms with Crippen LogP contribution in [0.25, 0.3) is 28.4 Å². The summed E-state index contributed by atoms with van der Waals surface area (Å²) in [4.78, 5) is 17.6. The fraction of sp³-hybridized carbons (Fsp3) is 0.304. The largest absolute Gasteiger partial charge is 0.475 e. The molecule has 0 atom stereocenters. The van der Waals surface area contributed by atoms with E-state index in [1.54, 1.807) is 16.8 Å². The molecule has 2 N–H and O–H groups in total.